The van der Waals surface area contributed by atoms with Crippen molar-refractivity contribution in [3.8, 4) is 0 Å². The molecule has 6 nitrogen and oxygen atoms in total. The van der Waals surface area contributed by atoms with Gasteiger partial charge in [0.1, 0.15) is 0 Å². The minimum absolute atomic E-state index is 0.0505. The Morgan fingerprint density at radius 2 is 1.89 bits per heavy atom. The van der Waals surface area contributed by atoms with E-state index in [0.717, 1.165) is 0 Å². The Morgan fingerprint density at radius 3 is 2.42 bits per heavy atom. The molecule has 0 aliphatic carbocycles. The second-order valence-electron chi connectivity index (χ2n) is 3.81. The molecule has 104 valence electrons. The van der Waals surface area contributed by atoms with Gasteiger partial charge in [-0.15, -0.1) is 0 Å². The largest absolute Gasteiger partial charge is 0.462 e. The van der Waals surface area contributed by atoms with E-state index in [0.29, 0.717) is 29.3 Å². The first kappa shape index (κ1) is 15.0. The van der Waals surface area contributed by atoms with Gasteiger partial charge in [-0.05, 0) is 31.5 Å². The van der Waals surface area contributed by atoms with E-state index in [9.17, 15) is 14.8 Å². The molecule has 0 aliphatic rings. The van der Waals surface area contributed by atoms with Crippen molar-refractivity contribution in [3.05, 3.63) is 35.4 Å². The fourth-order valence-electron chi connectivity index (χ4n) is 1.45. The van der Waals surface area contributed by atoms with Crippen molar-refractivity contribution < 1.29 is 19.5 Å². The highest BCUT2D eigenvalue weighted by atomic mass is 16.5. The van der Waals surface area contributed by atoms with E-state index < -0.39 is 12.0 Å². The first-order chi connectivity index (χ1) is 9.08. The highest BCUT2D eigenvalue weighted by Gasteiger charge is 2.11. The van der Waals surface area contributed by atoms with Crippen molar-refractivity contribution in [3.63, 3.8) is 0 Å². The minimum Gasteiger partial charge on any atom is -0.462 e. The number of carbonyl (C=O) groups excluding carboxylic acids is 2. The van der Waals surface area contributed by atoms with Crippen LogP contribution in [0.3, 0.4) is 0 Å². The molecule has 0 spiro atoms. The van der Waals surface area contributed by atoms with E-state index in [1.807, 2.05) is 0 Å². The average molecular weight is 266 g/mol. The molecule has 0 unspecified atom stereocenters. The Hall–Kier alpha value is -2.08. The third-order valence-corrected chi connectivity index (χ3v) is 2.36. The number of nitrogens with one attached hydrogen (secondary N) is 1. The first-order valence-corrected chi connectivity index (χ1v) is 6.08. The monoisotopic (exact) mass is 266 g/mol. The summed E-state index contributed by atoms with van der Waals surface area (Å²) in [5.74, 6) is -0.390. The predicted molar refractivity (Wildman–Crippen MR) is 68.8 cm³/mol. The molecule has 0 bridgehead atoms. The highest BCUT2D eigenvalue weighted by Crippen LogP contribution is 2.08. The van der Waals surface area contributed by atoms with Gasteiger partial charge in [0.25, 0.3) is 0 Å². The number of nitrogens with zero attached hydrogens (tertiary/aromatic N) is 1. The fourth-order valence-corrected chi connectivity index (χ4v) is 1.45. The molecule has 0 fully saturated rings. The lowest BCUT2D eigenvalue weighted by Gasteiger charge is -2.15. The van der Waals surface area contributed by atoms with Gasteiger partial charge in [-0.25, -0.2) is 14.7 Å². The molecule has 1 aromatic rings. The molecule has 0 aromatic heterocycles. The quantitative estimate of drug-likeness (QED) is 0.484. The maximum atomic E-state index is 11.4. The lowest BCUT2D eigenvalue weighted by atomic mass is 10.1. The summed E-state index contributed by atoms with van der Waals surface area (Å²) < 4.78 is 4.86. The van der Waals surface area contributed by atoms with Crippen LogP contribution in [0.4, 0.5) is 4.79 Å². The molecule has 1 aromatic carbocycles. The van der Waals surface area contributed by atoms with Gasteiger partial charge in [0, 0.05) is 6.54 Å². The number of carbonyl (C=O) groups is 2. The molecule has 2 amide bonds. The molecule has 1 rings (SSSR count). The number of benzene rings is 1. The summed E-state index contributed by atoms with van der Waals surface area (Å²) in [5.41, 5.74) is 1.15. The maximum Gasteiger partial charge on any atom is 0.341 e. The topological polar surface area (TPSA) is 78.9 Å². The normalized spacial score (nSPS) is 9.84. The number of hydrogen-bond donors (Lipinski definition) is 2. The number of amides is 2. The molecule has 0 heterocycles. The number of rotatable bonds is 5. The van der Waals surface area contributed by atoms with Crippen LogP contribution in [0.2, 0.25) is 0 Å². The zero-order chi connectivity index (χ0) is 14.3. The van der Waals surface area contributed by atoms with E-state index in [2.05, 4.69) is 5.32 Å². The second kappa shape index (κ2) is 7.38. The van der Waals surface area contributed by atoms with Crippen molar-refractivity contribution in [2.45, 2.75) is 20.4 Å². The summed E-state index contributed by atoms with van der Waals surface area (Å²) >= 11 is 0. The van der Waals surface area contributed by atoms with E-state index in [1.165, 1.54) is 0 Å². The molecule has 6 heteroatoms. The number of hydroxylamine groups is 2. The van der Waals surface area contributed by atoms with Crippen LogP contribution in [0.15, 0.2) is 24.3 Å². The Morgan fingerprint density at radius 1 is 1.26 bits per heavy atom. The van der Waals surface area contributed by atoms with E-state index >= 15 is 0 Å². The molecule has 0 aliphatic heterocycles. The van der Waals surface area contributed by atoms with Gasteiger partial charge in [-0.1, -0.05) is 12.1 Å². The van der Waals surface area contributed by atoms with Crippen molar-refractivity contribution >= 4 is 12.0 Å². The first-order valence-electron chi connectivity index (χ1n) is 6.08. The van der Waals surface area contributed by atoms with Gasteiger partial charge in [0.15, 0.2) is 0 Å². The summed E-state index contributed by atoms with van der Waals surface area (Å²) in [6.07, 6.45) is 0. The van der Waals surface area contributed by atoms with Crippen LogP contribution < -0.4 is 5.32 Å². The minimum atomic E-state index is -0.558. The van der Waals surface area contributed by atoms with Crippen LogP contribution in [0.5, 0.6) is 0 Å². The smallest absolute Gasteiger partial charge is 0.341 e. The number of esters is 1. The molecular formula is C13H18N2O4. The van der Waals surface area contributed by atoms with E-state index in [4.69, 9.17) is 4.74 Å². The fraction of sp³-hybridized carbons (Fsp3) is 0.385. The average Bonchev–Trinajstić information content (AvgIpc) is 2.40. The van der Waals surface area contributed by atoms with E-state index in [-0.39, 0.29) is 6.54 Å². The Bertz CT molecular complexity index is 431. The molecule has 0 saturated carbocycles. The molecule has 2 N–H and O–H groups in total. The van der Waals surface area contributed by atoms with Crippen LogP contribution in [0.25, 0.3) is 0 Å². The molecule has 0 radical (unpaired) electrons. The van der Waals surface area contributed by atoms with E-state index in [1.54, 1.807) is 38.1 Å². The number of urea groups is 1. The lowest BCUT2D eigenvalue weighted by molar-refractivity contribution is -0.0506. The Labute approximate surface area is 111 Å². The molecule has 0 saturated heterocycles. The van der Waals surface area contributed by atoms with Gasteiger partial charge in [-0.2, -0.15) is 0 Å². The van der Waals surface area contributed by atoms with Crippen LogP contribution in [-0.2, 0) is 11.3 Å². The second-order valence-corrected chi connectivity index (χ2v) is 3.81. The van der Waals surface area contributed by atoms with Gasteiger partial charge < -0.3 is 10.1 Å². The van der Waals surface area contributed by atoms with Gasteiger partial charge >= 0.3 is 12.0 Å². The lowest BCUT2D eigenvalue weighted by Crippen LogP contribution is -2.37. The Balaban J connectivity index is 2.61. The summed E-state index contributed by atoms with van der Waals surface area (Å²) in [6, 6.07) is 5.96. The molecular weight excluding hydrogens is 248 g/mol. The Kier molecular flexibility index (Phi) is 5.81. The van der Waals surface area contributed by atoms with Crippen molar-refractivity contribution in [1.29, 1.82) is 0 Å². The van der Waals surface area contributed by atoms with Gasteiger partial charge in [-0.3, -0.25) is 5.21 Å². The van der Waals surface area contributed by atoms with Crippen LogP contribution >= 0.6 is 0 Å². The van der Waals surface area contributed by atoms with Crippen LogP contribution in [-0.4, -0.2) is 35.4 Å². The van der Waals surface area contributed by atoms with Gasteiger partial charge in [0.2, 0.25) is 0 Å². The SMILES string of the molecule is CCNC(=O)N(O)Cc1ccc(C(=O)OCC)cc1. The highest BCUT2D eigenvalue weighted by molar-refractivity contribution is 5.89. The van der Waals surface area contributed by atoms with Crippen molar-refractivity contribution in [2.75, 3.05) is 13.2 Å². The number of hydrogen-bond acceptors (Lipinski definition) is 4. The predicted octanol–water partition coefficient (Wildman–Crippen LogP) is 1.78. The summed E-state index contributed by atoms with van der Waals surface area (Å²) in [6.45, 7) is 4.32. The summed E-state index contributed by atoms with van der Waals surface area (Å²) in [4.78, 5) is 22.7. The van der Waals surface area contributed by atoms with Gasteiger partial charge in [0.05, 0.1) is 18.7 Å². The summed E-state index contributed by atoms with van der Waals surface area (Å²) in [5, 5.41) is 12.6. The summed E-state index contributed by atoms with van der Waals surface area (Å²) in [7, 11) is 0. The van der Waals surface area contributed by atoms with Crippen LogP contribution in [0.1, 0.15) is 29.8 Å². The third-order valence-electron chi connectivity index (χ3n) is 2.36. The number of ether oxygens (including phenoxy) is 1. The standard InChI is InChI=1S/C13H18N2O4/c1-3-14-13(17)15(18)9-10-5-7-11(8-6-10)12(16)19-4-2/h5-8,18H,3-4,9H2,1-2H3,(H,14,17). The van der Waals surface area contributed by atoms with Crippen LogP contribution in [0, 0.1) is 0 Å². The zero-order valence-electron chi connectivity index (χ0n) is 11.0. The van der Waals surface area contributed by atoms with Crippen molar-refractivity contribution in [2.24, 2.45) is 0 Å². The third kappa shape index (κ3) is 4.59. The molecule has 19 heavy (non-hydrogen) atoms. The maximum absolute atomic E-state index is 11.4. The zero-order valence-corrected chi connectivity index (χ0v) is 11.0. The molecule has 0 atom stereocenters. The van der Waals surface area contributed by atoms with Crippen molar-refractivity contribution in [1.82, 2.24) is 10.4 Å².